The van der Waals surface area contributed by atoms with Gasteiger partial charge in [0.2, 0.25) is 11.8 Å². The molecule has 1 fully saturated rings. The molecule has 0 bridgehead atoms. The number of nitrogens with zero attached hydrogens (tertiary/aromatic N) is 1. The number of hydrogen-bond acceptors (Lipinski definition) is 5. The molecule has 2 aliphatic rings. The molecule has 2 heterocycles. The smallest absolute Gasteiger partial charge is 0.245 e. The number of aliphatic hydroxyl groups is 1. The number of rotatable bonds is 1. The van der Waals surface area contributed by atoms with Crippen LogP contribution in [0.3, 0.4) is 0 Å². The Balaban J connectivity index is 2.12. The molecule has 2 rings (SSSR count). The van der Waals surface area contributed by atoms with Gasteiger partial charge in [-0.15, -0.1) is 0 Å². The summed E-state index contributed by atoms with van der Waals surface area (Å²) in [5.41, 5.74) is 0. The number of imide groups is 1. The molecule has 6 heteroatoms. The Kier molecular flexibility index (Phi) is 2.32. The van der Waals surface area contributed by atoms with Gasteiger partial charge in [-0.25, -0.2) is 0 Å². The molecule has 0 aromatic rings. The predicted molar refractivity (Wildman–Crippen MR) is 52.1 cm³/mol. The van der Waals surface area contributed by atoms with Crippen molar-refractivity contribution in [1.82, 2.24) is 5.32 Å². The topological polar surface area (TPSA) is 78.8 Å². The first-order valence-corrected chi connectivity index (χ1v) is 5.15. The van der Waals surface area contributed by atoms with Crippen molar-refractivity contribution in [3.8, 4) is 0 Å². The molecule has 0 aromatic heterocycles. The van der Waals surface area contributed by atoms with Gasteiger partial charge >= 0.3 is 0 Å². The van der Waals surface area contributed by atoms with Crippen molar-refractivity contribution in [2.45, 2.75) is 17.6 Å². The van der Waals surface area contributed by atoms with Crippen molar-refractivity contribution in [3.05, 3.63) is 0 Å². The van der Waals surface area contributed by atoms with Gasteiger partial charge in [-0.3, -0.25) is 19.9 Å². The van der Waals surface area contributed by atoms with Gasteiger partial charge in [0.05, 0.1) is 18.2 Å². The molecule has 14 heavy (non-hydrogen) atoms. The molecule has 1 spiro atoms. The van der Waals surface area contributed by atoms with Crippen LogP contribution in [0.1, 0.15) is 12.8 Å². The SMILES string of the molecule is O=C1CCC2(CN=C(CO)S2)C(=O)N1. The van der Waals surface area contributed by atoms with Crippen LogP contribution in [-0.4, -0.2) is 39.9 Å². The van der Waals surface area contributed by atoms with Crippen LogP contribution in [0.25, 0.3) is 0 Å². The standard InChI is InChI=1S/C8H10N2O3S/c11-3-6-9-4-8(14-6)2-1-5(12)10-7(8)13/h11H,1-4H2,(H,10,12,13). The minimum atomic E-state index is -0.633. The zero-order valence-electron chi connectivity index (χ0n) is 7.45. The first kappa shape index (κ1) is 9.67. The fourth-order valence-corrected chi connectivity index (χ4v) is 2.69. The summed E-state index contributed by atoms with van der Waals surface area (Å²) >= 11 is 1.28. The van der Waals surface area contributed by atoms with Crippen molar-refractivity contribution >= 4 is 28.6 Å². The highest BCUT2D eigenvalue weighted by atomic mass is 32.2. The Labute approximate surface area is 85.0 Å². The van der Waals surface area contributed by atoms with E-state index in [4.69, 9.17) is 5.11 Å². The number of thioether (sulfide) groups is 1. The Bertz CT molecular complexity index is 329. The van der Waals surface area contributed by atoms with E-state index in [1.807, 2.05) is 0 Å². The van der Waals surface area contributed by atoms with Gasteiger partial charge in [0.25, 0.3) is 0 Å². The third-order valence-corrected chi connectivity index (χ3v) is 3.79. The first-order valence-electron chi connectivity index (χ1n) is 4.34. The van der Waals surface area contributed by atoms with E-state index in [-0.39, 0.29) is 18.4 Å². The second-order valence-corrected chi connectivity index (χ2v) is 4.80. The lowest BCUT2D eigenvalue weighted by molar-refractivity contribution is -0.134. The van der Waals surface area contributed by atoms with Crippen LogP contribution >= 0.6 is 11.8 Å². The van der Waals surface area contributed by atoms with E-state index >= 15 is 0 Å². The van der Waals surface area contributed by atoms with Crippen LogP contribution in [0.5, 0.6) is 0 Å². The third kappa shape index (κ3) is 1.44. The number of amides is 2. The van der Waals surface area contributed by atoms with Crippen molar-refractivity contribution in [3.63, 3.8) is 0 Å². The van der Waals surface area contributed by atoms with Gasteiger partial charge in [-0.05, 0) is 6.42 Å². The summed E-state index contributed by atoms with van der Waals surface area (Å²) < 4.78 is -0.633. The molecule has 1 atom stereocenters. The third-order valence-electron chi connectivity index (χ3n) is 2.38. The van der Waals surface area contributed by atoms with E-state index in [0.29, 0.717) is 24.4 Å². The summed E-state index contributed by atoms with van der Waals surface area (Å²) in [5, 5.41) is 11.7. The summed E-state index contributed by atoms with van der Waals surface area (Å²) in [5.74, 6) is -0.496. The lowest BCUT2D eigenvalue weighted by Gasteiger charge is -2.29. The van der Waals surface area contributed by atoms with Gasteiger partial charge in [0, 0.05) is 6.42 Å². The van der Waals surface area contributed by atoms with Gasteiger partial charge in [-0.1, -0.05) is 11.8 Å². The Morgan fingerprint density at radius 1 is 1.57 bits per heavy atom. The Morgan fingerprint density at radius 2 is 2.36 bits per heavy atom. The zero-order chi connectivity index (χ0) is 10.2. The number of aliphatic imine (C=N–C) groups is 1. The quantitative estimate of drug-likeness (QED) is 0.566. The fraction of sp³-hybridized carbons (Fsp3) is 0.625. The predicted octanol–water partition coefficient (Wildman–Crippen LogP) is -0.701. The van der Waals surface area contributed by atoms with E-state index in [1.54, 1.807) is 0 Å². The highest BCUT2D eigenvalue weighted by molar-refractivity contribution is 8.16. The number of nitrogens with one attached hydrogen (secondary N) is 1. The maximum Gasteiger partial charge on any atom is 0.245 e. The van der Waals surface area contributed by atoms with Crippen LogP contribution in [0.4, 0.5) is 0 Å². The number of piperidine rings is 1. The van der Waals surface area contributed by atoms with Gasteiger partial charge in [-0.2, -0.15) is 0 Å². The summed E-state index contributed by atoms with van der Waals surface area (Å²) in [6.07, 6.45) is 0.863. The van der Waals surface area contributed by atoms with E-state index in [0.717, 1.165) is 0 Å². The minimum absolute atomic E-state index is 0.131. The van der Waals surface area contributed by atoms with Crippen LogP contribution < -0.4 is 5.32 Å². The monoisotopic (exact) mass is 214 g/mol. The maximum atomic E-state index is 11.6. The molecule has 0 saturated carbocycles. The zero-order valence-corrected chi connectivity index (χ0v) is 8.26. The molecule has 0 radical (unpaired) electrons. The molecule has 2 amide bonds. The van der Waals surface area contributed by atoms with Crippen LogP contribution in [0.15, 0.2) is 4.99 Å². The molecule has 5 nitrogen and oxygen atoms in total. The first-order chi connectivity index (χ1) is 6.66. The molecule has 76 valence electrons. The number of carbonyl (C=O) groups excluding carboxylic acids is 2. The average Bonchev–Trinajstić information content (AvgIpc) is 2.58. The van der Waals surface area contributed by atoms with E-state index in [1.165, 1.54) is 11.8 Å². The molecule has 1 saturated heterocycles. The molecule has 2 aliphatic heterocycles. The summed E-state index contributed by atoms with van der Waals surface area (Å²) in [4.78, 5) is 26.6. The van der Waals surface area contributed by atoms with Crippen molar-refractivity contribution in [2.24, 2.45) is 4.99 Å². The summed E-state index contributed by atoms with van der Waals surface area (Å²) in [7, 11) is 0. The lowest BCUT2D eigenvalue weighted by atomic mass is 9.97. The Morgan fingerprint density at radius 3 is 2.93 bits per heavy atom. The lowest BCUT2D eigenvalue weighted by Crippen LogP contribution is -2.52. The normalized spacial score (nSPS) is 31.9. The molecular formula is C8H10N2O3S. The summed E-state index contributed by atoms with van der Waals surface area (Å²) in [6, 6.07) is 0. The average molecular weight is 214 g/mol. The van der Waals surface area contributed by atoms with Crippen molar-refractivity contribution in [1.29, 1.82) is 0 Å². The van der Waals surface area contributed by atoms with E-state index in [9.17, 15) is 9.59 Å². The maximum absolute atomic E-state index is 11.6. The summed E-state index contributed by atoms with van der Waals surface area (Å²) in [6.45, 7) is 0.236. The van der Waals surface area contributed by atoms with E-state index in [2.05, 4.69) is 10.3 Å². The number of aliphatic hydroxyl groups excluding tert-OH is 1. The largest absolute Gasteiger partial charge is 0.390 e. The van der Waals surface area contributed by atoms with Crippen LogP contribution in [0.2, 0.25) is 0 Å². The fourth-order valence-electron chi connectivity index (χ4n) is 1.57. The highest BCUT2D eigenvalue weighted by Crippen LogP contribution is 2.38. The van der Waals surface area contributed by atoms with Crippen molar-refractivity contribution < 1.29 is 14.7 Å². The van der Waals surface area contributed by atoms with Crippen molar-refractivity contribution in [2.75, 3.05) is 13.2 Å². The molecule has 0 aromatic carbocycles. The highest BCUT2D eigenvalue weighted by Gasteiger charge is 2.47. The molecule has 1 unspecified atom stereocenters. The minimum Gasteiger partial charge on any atom is -0.390 e. The van der Waals surface area contributed by atoms with Gasteiger partial charge < -0.3 is 5.11 Å². The second-order valence-electron chi connectivity index (χ2n) is 3.34. The van der Waals surface area contributed by atoms with Gasteiger partial charge in [0.15, 0.2) is 0 Å². The number of carbonyl (C=O) groups is 2. The van der Waals surface area contributed by atoms with E-state index < -0.39 is 4.75 Å². The molecular weight excluding hydrogens is 204 g/mol. The molecule has 2 N–H and O–H groups in total. The van der Waals surface area contributed by atoms with Crippen LogP contribution in [0, 0.1) is 0 Å². The number of hydrogen-bond donors (Lipinski definition) is 2. The van der Waals surface area contributed by atoms with Crippen LogP contribution in [-0.2, 0) is 9.59 Å². The Hall–Kier alpha value is -0.880. The molecule has 0 aliphatic carbocycles. The second kappa shape index (κ2) is 3.36. The van der Waals surface area contributed by atoms with Gasteiger partial charge in [0.1, 0.15) is 4.75 Å².